The Hall–Kier alpha value is -3.19. The highest BCUT2D eigenvalue weighted by Gasteiger charge is 2.34. The minimum Gasteiger partial charge on any atom is -0.493 e. The largest absolute Gasteiger partial charge is 0.493 e. The first-order valence-corrected chi connectivity index (χ1v) is 11.5. The number of fused-ring (bicyclic) bond motifs is 1. The number of hydrogen-bond acceptors (Lipinski definition) is 8. The summed E-state index contributed by atoms with van der Waals surface area (Å²) in [6, 6.07) is 2.17. The van der Waals surface area contributed by atoms with Crippen molar-refractivity contribution in [1.82, 2.24) is 35.1 Å². The molecule has 34 heavy (non-hydrogen) atoms. The summed E-state index contributed by atoms with van der Waals surface area (Å²) >= 11 is 1.35. The maximum atomic E-state index is 13.6. The number of thiazole rings is 1. The van der Waals surface area contributed by atoms with Crippen LogP contribution in [-0.4, -0.2) is 68.2 Å². The second-order valence-electron chi connectivity index (χ2n) is 8.36. The molecule has 2 atom stereocenters. The monoisotopic (exact) mass is 492 g/mol. The Morgan fingerprint density at radius 1 is 1.26 bits per heavy atom. The lowest BCUT2D eigenvalue weighted by Crippen LogP contribution is -2.54. The van der Waals surface area contributed by atoms with E-state index < -0.39 is 12.6 Å². The van der Waals surface area contributed by atoms with Crippen LogP contribution in [0.2, 0.25) is 0 Å². The Bertz CT molecular complexity index is 1310. The number of alkyl halides is 3. The number of methoxy groups -OCH3 is 1. The van der Waals surface area contributed by atoms with Gasteiger partial charge in [0, 0.05) is 42.5 Å². The first-order valence-electron chi connectivity index (χ1n) is 10.7. The van der Waals surface area contributed by atoms with E-state index in [4.69, 9.17) is 4.74 Å². The van der Waals surface area contributed by atoms with E-state index in [1.54, 1.807) is 18.5 Å². The van der Waals surface area contributed by atoms with Gasteiger partial charge in [0.05, 0.1) is 31.1 Å². The lowest BCUT2D eigenvalue weighted by atomic mass is 10.0. The number of halogens is 3. The van der Waals surface area contributed by atoms with Crippen molar-refractivity contribution in [2.24, 2.45) is 0 Å². The number of piperazine rings is 1. The van der Waals surface area contributed by atoms with E-state index in [0.717, 1.165) is 18.1 Å². The highest BCUT2D eigenvalue weighted by atomic mass is 32.1. The van der Waals surface area contributed by atoms with Crippen LogP contribution in [0.4, 0.5) is 18.2 Å². The molecule has 5 rings (SSSR count). The Kier molecular flexibility index (Phi) is 5.68. The summed E-state index contributed by atoms with van der Waals surface area (Å²) in [7, 11) is 1.47. The highest BCUT2D eigenvalue weighted by Crippen LogP contribution is 2.39. The zero-order chi connectivity index (χ0) is 24.0. The molecule has 4 aromatic heterocycles. The van der Waals surface area contributed by atoms with Gasteiger partial charge in [0.15, 0.2) is 11.4 Å². The molecule has 0 radical (unpaired) electrons. The van der Waals surface area contributed by atoms with Crippen LogP contribution in [0.3, 0.4) is 0 Å². The van der Waals surface area contributed by atoms with Gasteiger partial charge >= 0.3 is 6.18 Å². The number of anilines is 1. The van der Waals surface area contributed by atoms with Gasteiger partial charge in [0.25, 0.3) is 0 Å². The molecule has 1 aliphatic heterocycles. The molecule has 180 valence electrons. The number of rotatable bonds is 5. The highest BCUT2D eigenvalue weighted by molar-refractivity contribution is 7.18. The van der Waals surface area contributed by atoms with Crippen LogP contribution < -0.4 is 15.0 Å². The number of pyridine rings is 1. The van der Waals surface area contributed by atoms with Crippen LogP contribution in [0.25, 0.3) is 27.6 Å². The van der Waals surface area contributed by atoms with Crippen molar-refractivity contribution in [3.05, 3.63) is 30.4 Å². The summed E-state index contributed by atoms with van der Waals surface area (Å²) in [5.41, 5.74) is 1.35. The molecular formula is C21H23F3N8OS. The van der Waals surface area contributed by atoms with Gasteiger partial charge in [-0.15, -0.1) is 0 Å². The quantitative estimate of drug-likeness (QED) is 0.440. The summed E-state index contributed by atoms with van der Waals surface area (Å²) in [5, 5.41) is 16.0. The van der Waals surface area contributed by atoms with Crippen molar-refractivity contribution in [1.29, 1.82) is 0 Å². The van der Waals surface area contributed by atoms with E-state index in [1.807, 2.05) is 0 Å². The van der Waals surface area contributed by atoms with Crippen molar-refractivity contribution >= 4 is 22.0 Å². The van der Waals surface area contributed by atoms with Gasteiger partial charge in [-0.1, -0.05) is 11.3 Å². The van der Waals surface area contributed by atoms with Crippen LogP contribution >= 0.6 is 11.3 Å². The smallest absolute Gasteiger partial charge is 0.393 e. The normalized spacial score (nSPS) is 19.2. The Balaban J connectivity index is 1.58. The van der Waals surface area contributed by atoms with E-state index in [9.17, 15) is 13.2 Å². The minimum atomic E-state index is -4.43. The molecule has 0 bridgehead atoms. The SMILES string of the molecule is COc1cc(-c2n[nH]c(-c3ncc(N4C[C@H](C)NC[C@H]4C)s3)c2CC(F)(F)F)cn2ncnc12. The van der Waals surface area contributed by atoms with Gasteiger partial charge in [0.1, 0.15) is 16.3 Å². The molecule has 9 nitrogen and oxygen atoms in total. The molecule has 5 heterocycles. The van der Waals surface area contributed by atoms with E-state index in [-0.39, 0.29) is 23.0 Å². The fourth-order valence-electron chi connectivity index (χ4n) is 4.17. The number of nitrogens with zero attached hydrogens (tertiary/aromatic N) is 6. The van der Waals surface area contributed by atoms with Crippen LogP contribution in [0.5, 0.6) is 5.75 Å². The minimum absolute atomic E-state index is 0.0247. The Morgan fingerprint density at radius 2 is 2.09 bits per heavy atom. The van der Waals surface area contributed by atoms with Crippen molar-refractivity contribution < 1.29 is 17.9 Å². The molecule has 0 aliphatic carbocycles. The van der Waals surface area contributed by atoms with Crippen LogP contribution in [-0.2, 0) is 6.42 Å². The molecular weight excluding hydrogens is 469 g/mol. The summed E-state index contributed by atoms with van der Waals surface area (Å²) < 4.78 is 47.7. The van der Waals surface area contributed by atoms with Gasteiger partial charge in [-0.3, -0.25) is 5.10 Å². The lowest BCUT2D eigenvalue weighted by Gasteiger charge is -2.37. The van der Waals surface area contributed by atoms with Crippen molar-refractivity contribution in [2.45, 2.75) is 38.5 Å². The summed E-state index contributed by atoms with van der Waals surface area (Å²) in [5.74, 6) is 0.385. The lowest BCUT2D eigenvalue weighted by molar-refractivity contribution is -0.127. The number of hydrogen-bond donors (Lipinski definition) is 2. The Morgan fingerprint density at radius 3 is 2.85 bits per heavy atom. The molecule has 4 aromatic rings. The van der Waals surface area contributed by atoms with Gasteiger partial charge in [-0.05, 0) is 19.9 Å². The van der Waals surface area contributed by atoms with E-state index in [1.165, 1.54) is 29.3 Å². The Labute approximate surface area is 197 Å². The third-order valence-electron chi connectivity index (χ3n) is 5.83. The fraction of sp³-hybridized carbons (Fsp3) is 0.429. The molecule has 0 unspecified atom stereocenters. The molecule has 0 aromatic carbocycles. The van der Waals surface area contributed by atoms with Gasteiger partial charge in [0.2, 0.25) is 0 Å². The van der Waals surface area contributed by atoms with Gasteiger partial charge in [-0.2, -0.15) is 23.4 Å². The predicted octanol–water partition coefficient (Wildman–Crippen LogP) is 3.54. The topological polar surface area (TPSA) is 96.3 Å². The molecule has 0 saturated carbocycles. The number of ether oxygens (including phenoxy) is 1. The van der Waals surface area contributed by atoms with E-state index >= 15 is 0 Å². The number of aromatic amines is 1. The molecule has 0 spiro atoms. The molecule has 1 aliphatic rings. The molecule has 2 N–H and O–H groups in total. The van der Waals surface area contributed by atoms with Crippen molar-refractivity contribution in [2.75, 3.05) is 25.1 Å². The maximum absolute atomic E-state index is 13.6. The van der Waals surface area contributed by atoms with Crippen LogP contribution in [0.15, 0.2) is 24.8 Å². The van der Waals surface area contributed by atoms with Gasteiger partial charge < -0.3 is 15.0 Å². The van der Waals surface area contributed by atoms with E-state index in [2.05, 4.69) is 49.3 Å². The molecule has 0 amide bonds. The average Bonchev–Trinajstić information content (AvgIpc) is 3.52. The molecule has 13 heteroatoms. The average molecular weight is 493 g/mol. The molecule has 1 fully saturated rings. The number of aromatic nitrogens is 6. The van der Waals surface area contributed by atoms with Crippen LogP contribution in [0.1, 0.15) is 19.4 Å². The second kappa shape index (κ2) is 8.55. The third-order valence-corrected chi connectivity index (χ3v) is 6.89. The van der Waals surface area contributed by atoms with E-state index in [0.29, 0.717) is 28.0 Å². The van der Waals surface area contributed by atoms with Crippen LogP contribution in [0, 0.1) is 0 Å². The fourth-order valence-corrected chi connectivity index (χ4v) is 5.22. The predicted molar refractivity (Wildman–Crippen MR) is 122 cm³/mol. The number of H-pyrrole nitrogens is 1. The van der Waals surface area contributed by atoms with Gasteiger partial charge in [-0.25, -0.2) is 14.5 Å². The third kappa shape index (κ3) is 4.20. The van der Waals surface area contributed by atoms with Crippen molar-refractivity contribution in [3.63, 3.8) is 0 Å². The maximum Gasteiger partial charge on any atom is 0.393 e. The zero-order valence-electron chi connectivity index (χ0n) is 18.7. The number of nitrogens with one attached hydrogen (secondary N) is 2. The molecule has 1 saturated heterocycles. The summed E-state index contributed by atoms with van der Waals surface area (Å²) in [6.45, 7) is 5.83. The van der Waals surface area contributed by atoms with Crippen molar-refractivity contribution in [3.8, 4) is 27.7 Å². The first-order chi connectivity index (χ1) is 16.2. The first kappa shape index (κ1) is 22.6. The zero-order valence-corrected chi connectivity index (χ0v) is 19.5. The summed E-state index contributed by atoms with van der Waals surface area (Å²) in [6.07, 6.45) is -0.929. The summed E-state index contributed by atoms with van der Waals surface area (Å²) in [4.78, 5) is 10.8. The second-order valence-corrected chi connectivity index (χ2v) is 9.37. The standard InChI is InChI=1S/C21H23F3N8OS/c1-11-8-31(12(2)6-25-11)16-7-26-20(34-16)18-14(5-21(22,23)24)17(29-30-18)13-4-15(33-3)19-27-10-28-32(19)9-13/h4,7,9-12,25H,5-6,8H2,1-3H3,(H,29,30)/t11-,12+/m0/s1.